The summed E-state index contributed by atoms with van der Waals surface area (Å²) in [5.74, 6) is 0. The van der Waals surface area contributed by atoms with Gasteiger partial charge in [-0.1, -0.05) is 6.92 Å². The summed E-state index contributed by atoms with van der Waals surface area (Å²) in [6.45, 7) is 2.10. The van der Waals surface area contributed by atoms with Gasteiger partial charge in [0.15, 0.2) is 0 Å². The molecular weight excluding hydrogens is 218 g/mol. The van der Waals surface area contributed by atoms with Crippen LogP contribution < -0.4 is 0 Å². The number of nitrogens with zero attached hydrogens (tertiary/aromatic N) is 1. The van der Waals surface area contributed by atoms with Gasteiger partial charge in [0.05, 0.1) is 6.10 Å². The Morgan fingerprint density at radius 1 is 1.67 bits per heavy atom. The van der Waals surface area contributed by atoms with E-state index in [1.54, 1.807) is 13.3 Å². The third-order valence-corrected chi connectivity index (χ3v) is 2.21. The Morgan fingerprint density at radius 3 is 2.92 bits per heavy atom. The van der Waals surface area contributed by atoms with E-state index in [1.807, 2.05) is 12.1 Å². The van der Waals surface area contributed by atoms with Crippen LogP contribution in [0.25, 0.3) is 0 Å². The standard InChI is InChI=1S/C9H12BrNO/c1-3-8(12-2)7-4-5-11-9(10)6-7/h4-6,8H,3H2,1-2H3. The molecule has 1 rings (SSSR count). The van der Waals surface area contributed by atoms with E-state index in [0.29, 0.717) is 0 Å². The fourth-order valence-corrected chi connectivity index (χ4v) is 1.54. The van der Waals surface area contributed by atoms with E-state index in [9.17, 15) is 0 Å². The third kappa shape index (κ3) is 2.29. The van der Waals surface area contributed by atoms with E-state index < -0.39 is 0 Å². The normalized spacial score (nSPS) is 12.9. The fraction of sp³-hybridized carbons (Fsp3) is 0.444. The molecule has 1 heterocycles. The first kappa shape index (κ1) is 9.68. The van der Waals surface area contributed by atoms with Crippen molar-refractivity contribution in [1.29, 1.82) is 0 Å². The molecule has 0 saturated carbocycles. The highest BCUT2D eigenvalue weighted by molar-refractivity contribution is 9.10. The van der Waals surface area contributed by atoms with Crippen LogP contribution in [0.3, 0.4) is 0 Å². The molecule has 1 unspecified atom stereocenters. The Kier molecular flexibility index (Phi) is 3.69. The van der Waals surface area contributed by atoms with Crippen LogP contribution in [0.15, 0.2) is 22.9 Å². The number of hydrogen-bond donors (Lipinski definition) is 0. The summed E-state index contributed by atoms with van der Waals surface area (Å²) < 4.78 is 6.15. The highest BCUT2D eigenvalue weighted by Crippen LogP contribution is 2.21. The SMILES string of the molecule is CCC(OC)c1ccnc(Br)c1. The lowest BCUT2D eigenvalue weighted by Gasteiger charge is -2.12. The van der Waals surface area contributed by atoms with Crippen molar-refractivity contribution in [3.8, 4) is 0 Å². The van der Waals surface area contributed by atoms with Crippen LogP contribution in [0, 0.1) is 0 Å². The van der Waals surface area contributed by atoms with Gasteiger partial charge in [-0.25, -0.2) is 4.98 Å². The molecule has 0 aliphatic heterocycles. The molecule has 0 fully saturated rings. The van der Waals surface area contributed by atoms with Crippen molar-refractivity contribution in [2.75, 3.05) is 7.11 Å². The number of pyridine rings is 1. The first-order chi connectivity index (χ1) is 5.77. The second kappa shape index (κ2) is 4.58. The van der Waals surface area contributed by atoms with Crippen molar-refractivity contribution in [2.45, 2.75) is 19.4 Å². The summed E-state index contributed by atoms with van der Waals surface area (Å²) in [4.78, 5) is 4.05. The average molecular weight is 230 g/mol. The molecule has 0 N–H and O–H groups in total. The quantitative estimate of drug-likeness (QED) is 0.744. The Bertz CT molecular complexity index is 248. The molecule has 12 heavy (non-hydrogen) atoms. The highest BCUT2D eigenvalue weighted by atomic mass is 79.9. The van der Waals surface area contributed by atoms with E-state index in [2.05, 4.69) is 27.8 Å². The summed E-state index contributed by atoms with van der Waals surface area (Å²) in [6.07, 6.45) is 2.94. The van der Waals surface area contributed by atoms with Crippen molar-refractivity contribution in [1.82, 2.24) is 4.98 Å². The number of rotatable bonds is 3. The molecule has 0 aromatic carbocycles. The smallest absolute Gasteiger partial charge is 0.106 e. The topological polar surface area (TPSA) is 22.1 Å². The second-order valence-corrected chi connectivity index (χ2v) is 3.36. The summed E-state index contributed by atoms with van der Waals surface area (Å²) >= 11 is 3.32. The molecule has 0 bridgehead atoms. The number of methoxy groups -OCH3 is 1. The molecule has 0 radical (unpaired) electrons. The molecule has 1 atom stereocenters. The van der Waals surface area contributed by atoms with Gasteiger partial charge < -0.3 is 4.74 Å². The lowest BCUT2D eigenvalue weighted by Crippen LogP contribution is -1.99. The molecule has 3 heteroatoms. The van der Waals surface area contributed by atoms with Gasteiger partial charge in [0.25, 0.3) is 0 Å². The molecule has 66 valence electrons. The number of halogens is 1. The molecule has 0 saturated heterocycles. The fourth-order valence-electron chi connectivity index (χ4n) is 1.16. The lowest BCUT2D eigenvalue weighted by molar-refractivity contribution is 0.0999. The molecule has 2 nitrogen and oxygen atoms in total. The summed E-state index contributed by atoms with van der Waals surface area (Å²) in [5, 5.41) is 0. The monoisotopic (exact) mass is 229 g/mol. The lowest BCUT2D eigenvalue weighted by atomic mass is 10.1. The predicted octanol–water partition coefficient (Wildman–Crippen LogP) is 2.94. The summed E-state index contributed by atoms with van der Waals surface area (Å²) in [5.41, 5.74) is 1.17. The number of hydrogen-bond acceptors (Lipinski definition) is 2. The van der Waals surface area contributed by atoms with E-state index in [0.717, 1.165) is 11.0 Å². The van der Waals surface area contributed by atoms with Gasteiger partial charge in [0.1, 0.15) is 4.60 Å². The molecule has 0 amide bonds. The van der Waals surface area contributed by atoms with Gasteiger partial charge >= 0.3 is 0 Å². The van der Waals surface area contributed by atoms with Crippen molar-refractivity contribution < 1.29 is 4.74 Å². The maximum atomic E-state index is 5.29. The maximum Gasteiger partial charge on any atom is 0.106 e. The predicted molar refractivity (Wildman–Crippen MR) is 52.0 cm³/mol. The van der Waals surface area contributed by atoms with Crippen LogP contribution in [0.1, 0.15) is 25.0 Å². The van der Waals surface area contributed by atoms with Gasteiger partial charge in [-0.15, -0.1) is 0 Å². The highest BCUT2D eigenvalue weighted by Gasteiger charge is 2.07. The third-order valence-electron chi connectivity index (χ3n) is 1.78. The van der Waals surface area contributed by atoms with E-state index in [1.165, 1.54) is 5.56 Å². The van der Waals surface area contributed by atoms with Gasteiger partial charge in [-0.3, -0.25) is 0 Å². The number of ether oxygens (including phenoxy) is 1. The van der Waals surface area contributed by atoms with E-state index in [-0.39, 0.29) is 6.10 Å². The van der Waals surface area contributed by atoms with Gasteiger partial charge in [0.2, 0.25) is 0 Å². The Balaban J connectivity index is 2.85. The molecule has 1 aromatic rings. The van der Waals surface area contributed by atoms with Crippen LogP contribution in [0.5, 0.6) is 0 Å². The zero-order valence-corrected chi connectivity index (χ0v) is 8.84. The largest absolute Gasteiger partial charge is 0.377 e. The van der Waals surface area contributed by atoms with Gasteiger partial charge in [-0.2, -0.15) is 0 Å². The molecule has 1 aromatic heterocycles. The van der Waals surface area contributed by atoms with Crippen LogP contribution in [-0.4, -0.2) is 12.1 Å². The number of aromatic nitrogens is 1. The minimum absolute atomic E-state index is 0.185. The minimum Gasteiger partial charge on any atom is -0.377 e. The van der Waals surface area contributed by atoms with Gasteiger partial charge in [0, 0.05) is 13.3 Å². The van der Waals surface area contributed by atoms with Crippen molar-refractivity contribution in [2.24, 2.45) is 0 Å². The van der Waals surface area contributed by atoms with E-state index >= 15 is 0 Å². The Labute approximate surface area is 81.1 Å². The van der Waals surface area contributed by atoms with Crippen molar-refractivity contribution >= 4 is 15.9 Å². The Hall–Kier alpha value is -0.410. The second-order valence-electron chi connectivity index (χ2n) is 2.54. The first-order valence-electron chi connectivity index (χ1n) is 3.92. The van der Waals surface area contributed by atoms with Gasteiger partial charge in [-0.05, 0) is 40.0 Å². The molecular formula is C9H12BrNO. The Morgan fingerprint density at radius 2 is 2.42 bits per heavy atom. The minimum atomic E-state index is 0.185. The summed E-state index contributed by atoms with van der Waals surface area (Å²) in [7, 11) is 1.72. The van der Waals surface area contributed by atoms with Crippen LogP contribution in [-0.2, 0) is 4.74 Å². The molecule has 0 aliphatic carbocycles. The zero-order valence-electron chi connectivity index (χ0n) is 7.25. The van der Waals surface area contributed by atoms with Crippen LogP contribution in [0.4, 0.5) is 0 Å². The van der Waals surface area contributed by atoms with Crippen molar-refractivity contribution in [3.63, 3.8) is 0 Å². The maximum absolute atomic E-state index is 5.29. The van der Waals surface area contributed by atoms with E-state index in [4.69, 9.17) is 4.74 Å². The molecule has 0 aliphatic rings. The first-order valence-corrected chi connectivity index (χ1v) is 4.71. The zero-order chi connectivity index (χ0) is 8.97. The molecule has 0 spiro atoms. The summed E-state index contributed by atoms with van der Waals surface area (Å²) in [6, 6.07) is 3.96. The van der Waals surface area contributed by atoms with Crippen LogP contribution >= 0.6 is 15.9 Å². The average Bonchev–Trinajstić information content (AvgIpc) is 2.07. The van der Waals surface area contributed by atoms with Crippen molar-refractivity contribution in [3.05, 3.63) is 28.5 Å². The van der Waals surface area contributed by atoms with Crippen LogP contribution in [0.2, 0.25) is 0 Å².